The summed E-state index contributed by atoms with van der Waals surface area (Å²) in [4.78, 5) is 17.3. The maximum absolute atomic E-state index is 11.3. The number of rotatable bonds is 5. The van der Waals surface area contributed by atoms with Crippen LogP contribution < -0.4 is 4.90 Å². The summed E-state index contributed by atoms with van der Waals surface area (Å²) >= 11 is 8.78. The molecule has 124 valence electrons. The Morgan fingerprint density at radius 1 is 1.42 bits per heavy atom. The van der Waals surface area contributed by atoms with Crippen molar-refractivity contribution in [2.75, 3.05) is 11.9 Å². The van der Waals surface area contributed by atoms with Crippen LogP contribution in [0.15, 0.2) is 39.3 Å². The molecule has 0 bridgehead atoms. The lowest BCUT2D eigenvalue weighted by atomic mass is 10.2. The Hall–Kier alpha value is -1.90. The lowest BCUT2D eigenvalue weighted by Gasteiger charge is -2.09. The molecule has 24 heavy (non-hydrogen) atoms. The van der Waals surface area contributed by atoms with Crippen LogP contribution in [0.1, 0.15) is 12.6 Å². The Bertz CT molecular complexity index is 865. The maximum atomic E-state index is 11.3. The van der Waals surface area contributed by atoms with E-state index in [0.29, 0.717) is 27.0 Å². The summed E-state index contributed by atoms with van der Waals surface area (Å²) in [5.74, 6) is 0.960. The average molecular weight is 381 g/mol. The number of carbonyl (C=O) groups excluding carboxylic acids is 1. The van der Waals surface area contributed by atoms with Crippen molar-refractivity contribution in [3.05, 3.63) is 40.4 Å². The Labute approximate surface area is 151 Å². The second kappa shape index (κ2) is 7.33. The summed E-state index contributed by atoms with van der Waals surface area (Å²) in [5, 5.41) is 11.7. The summed E-state index contributed by atoms with van der Waals surface area (Å²) in [6.07, 6.45) is 0. The van der Waals surface area contributed by atoms with Crippen molar-refractivity contribution in [3.8, 4) is 11.5 Å². The zero-order valence-corrected chi connectivity index (χ0v) is 15.3. The first-order valence-corrected chi connectivity index (χ1v) is 9.18. The molecule has 0 spiro atoms. The first-order chi connectivity index (χ1) is 11.5. The van der Waals surface area contributed by atoms with Crippen LogP contribution in [0.3, 0.4) is 0 Å². The van der Waals surface area contributed by atoms with Crippen LogP contribution in [-0.2, 0) is 10.5 Å². The molecule has 2 heterocycles. The molecule has 1 amide bonds. The van der Waals surface area contributed by atoms with Crippen molar-refractivity contribution in [1.82, 2.24) is 15.2 Å². The highest BCUT2D eigenvalue weighted by molar-refractivity contribution is 7.98. The van der Waals surface area contributed by atoms with Gasteiger partial charge < -0.3 is 4.42 Å². The fourth-order valence-corrected chi connectivity index (χ4v) is 3.58. The number of amides is 1. The molecule has 0 aliphatic carbocycles. The quantitative estimate of drug-likeness (QED) is 0.620. The van der Waals surface area contributed by atoms with Gasteiger partial charge in [0.05, 0.1) is 5.69 Å². The highest BCUT2D eigenvalue weighted by Crippen LogP contribution is 2.28. The number of anilines is 1. The molecule has 0 N–H and O–H groups in total. The molecule has 0 fully saturated rings. The van der Waals surface area contributed by atoms with Gasteiger partial charge in [0.2, 0.25) is 11.8 Å². The Morgan fingerprint density at radius 3 is 3.00 bits per heavy atom. The van der Waals surface area contributed by atoms with E-state index in [0.717, 1.165) is 11.3 Å². The number of thiazole rings is 1. The zero-order valence-electron chi connectivity index (χ0n) is 12.9. The second-order valence-electron chi connectivity index (χ2n) is 4.87. The largest absolute Gasteiger partial charge is 0.411 e. The highest BCUT2D eigenvalue weighted by atomic mass is 35.5. The Kier molecular flexibility index (Phi) is 5.17. The highest BCUT2D eigenvalue weighted by Gasteiger charge is 2.13. The van der Waals surface area contributed by atoms with Gasteiger partial charge in [0.1, 0.15) is 0 Å². The first-order valence-electron chi connectivity index (χ1n) is 6.94. The predicted molar refractivity (Wildman–Crippen MR) is 95.5 cm³/mol. The third kappa shape index (κ3) is 3.95. The van der Waals surface area contributed by atoms with Gasteiger partial charge in [-0.3, -0.25) is 9.69 Å². The number of carbonyl (C=O) groups is 1. The molecule has 0 aliphatic rings. The summed E-state index contributed by atoms with van der Waals surface area (Å²) in [7, 11) is 1.70. The van der Waals surface area contributed by atoms with Crippen molar-refractivity contribution in [3.63, 3.8) is 0 Å². The van der Waals surface area contributed by atoms with Gasteiger partial charge in [-0.05, 0) is 18.2 Å². The molecule has 6 nitrogen and oxygen atoms in total. The van der Waals surface area contributed by atoms with Gasteiger partial charge in [0.25, 0.3) is 5.22 Å². The third-order valence-corrected chi connectivity index (χ3v) is 5.17. The van der Waals surface area contributed by atoms with E-state index in [-0.39, 0.29) is 5.91 Å². The van der Waals surface area contributed by atoms with Gasteiger partial charge >= 0.3 is 0 Å². The SMILES string of the molecule is CC(=O)N(C)c1nc(CSc2nnc(-c3cccc(Cl)c3)o2)cs1. The van der Waals surface area contributed by atoms with Crippen molar-refractivity contribution >= 4 is 45.7 Å². The summed E-state index contributed by atoms with van der Waals surface area (Å²) in [5.41, 5.74) is 1.64. The number of benzene rings is 1. The van der Waals surface area contributed by atoms with E-state index in [9.17, 15) is 4.79 Å². The lowest BCUT2D eigenvalue weighted by Crippen LogP contribution is -2.22. The summed E-state index contributed by atoms with van der Waals surface area (Å²) in [6, 6.07) is 7.25. The van der Waals surface area contributed by atoms with E-state index in [1.165, 1.54) is 34.9 Å². The number of halogens is 1. The fourth-order valence-electron chi connectivity index (χ4n) is 1.79. The molecule has 0 saturated heterocycles. The van der Waals surface area contributed by atoms with E-state index >= 15 is 0 Å². The molecule has 0 unspecified atom stereocenters. The van der Waals surface area contributed by atoms with E-state index in [4.69, 9.17) is 16.0 Å². The molecule has 3 aromatic rings. The maximum Gasteiger partial charge on any atom is 0.277 e. The summed E-state index contributed by atoms with van der Waals surface area (Å²) in [6.45, 7) is 1.51. The standard InChI is InChI=1S/C15H13ClN4O2S2/c1-9(21)20(2)14-17-12(7-23-14)8-24-15-19-18-13(22-15)10-4-3-5-11(16)6-10/h3-7H,8H2,1-2H3. The minimum atomic E-state index is -0.0494. The Morgan fingerprint density at radius 2 is 2.25 bits per heavy atom. The number of thioether (sulfide) groups is 1. The monoisotopic (exact) mass is 380 g/mol. The van der Waals surface area contributed by atoms with Crippen molar-refractivity contribution in [2.24, 2.45) is 0 Å². The minimum absolute atomic E-state index is 0.0494. The van der Waals surface area contributed by atoms with E-state index in [2.05, 4.69) is 15.2 Å². The molecule has 2 aromatic heterocycles. The molecule has 0 atom stereocenters. The van der Waals surface area contributed by atoms with E-state index in [1.54, 1.807) is 19.2 Å². The number of hydrogen-bond acceptors (Lipinski definition) is 7. The van der Waals surface area contributed by atoms with Crippen LogP contribution in [0.2, 0.25) is 5.02 Å². The van der Waals surface area contributed by atoms with Gasteiger partial charge in [-0.15, -0.1) is 21.5 Å². The minimum Gasteiger partial charge on any atom is -0.411 e. The lowest BCUT2D eigenvalue weighted by molar-refractivity contribution is -0.116. The third-order valence-electron chi connectivity index (χ3n) is 3.12. The van der Waals surface area contributed by atoms with Gasteiger partial charge in [-0.25, -0.2) is 4.98 Å². The molecule has 0 radical (unpaired) electrons. The van der Waals surface area contributed by atoms with Crippen LogP contribution in [0.4, 0.5) is 5.13 Å². The molecule has 1 aromatic carbocycles. The van der Waals surface area contributed by atoms with Crippen molar-refractivity contribution in [1.29, 1.82) is 0 Å². The number of hydrogen-bond donors (Lipinski definition) is 0. The first kappa shape index (κ1) is 16.9. The second-order valence-corrected chi connectivity index (χ2v) is 7.07. The van der Waals surface area contributed by atoms with Gasteiger partial charge in [0.15, 0.2) is 5.13 Å². The smallest absolute Gasteiger partial charge is 0.277 e. The molecule has 9 heteroatoms. The molecule has 0 aliphatic heterocycles. The Balaban J connectivity index is 1.65. The fraction of sp³-hybridized carbons (Fsp3) is 0.200. The molecular weight excluding hydrogens is 368 g/mol. The zero-order chi connectivity index (χ0) is 17.1. The summed E-state index contributed by atoms with van der Waals surface area (Å²) < 4.78 is 5.63. The topological polar surface area (TPSA) is 72.1 Å². The number of nitrogens with zero attached hydrogens (tertiary/aromatic N) is 4. The van der Waals surface area contributed by atoms with E-state index < -0.39 is 0 Å². The van der Waals surface area contributed by atoms with Crippen molar-refractivity contribution in [2.45, 2.75) is 17.9 Å². The van der Waals surface area contributed by atoms with Crippen LogP contribution in [0.25, 0.3) is 11.5 Å². The molecular formula is C15H13ClN4O2S2. The number of aromatic nitrogens is 3. The van der Waals surface area contributed by atoms with Crippen LogP contribution in [0, 0.1) is 0 Å². The van der Waals surface area contributed by atoms with Crippen LogP contribution in [0.5, 0.6) is 0 Å². The van der Waals surface area contributed by atoms with Gasteiger partial charge in [0, 0.05) is 35.7 Å². The van der Waals surface area contributed by atoms with Gasteiger partial charge in [-0.1, -0.05) is 29.4 Å². The van der Waals surface area contributed by atoms with Crippen LogP contribution in [-0.4, -0.2) is 28.1 Å². The molecule has 3 rings (SSSR count). The van der Waals surface area contributed by atoms with Gasteiger partial charge in [-0.2, -0.15) is 0 Å². The van der Waals surface area contributed by atoms with E-state index in [1.807, 2.05) is 17.5 Å². The van der Waals surface area contributed by atoms with Crippen LogP contribution >= 0.6 is 34.7 Å². The van der Waals surface area contributed by atoms with Crippen molar-refractivity contribution < 1.29 is 9.21 Å². The average Bonchev–Trinajstić information content (AvgIpc) is 3.21. The predicted octanol–water partition coefficient (Wildman–Crippen LogP) is 4.12. The normalized spacial score (nSPS) is 10.8. The molecule has 0 saturated carbocycles.